The second kappa shape index (κ2) is 5.80. The van der Waals surface area contributed by atoms with Gasteiger partial charge in [0.15, 0.2) is 5.13 Å². The fourth-order valence-corrected chi connectivity index (χ4v) is 4.11. The molecule has 1 saturated heterocycles. The first-order valence-electron chi connectivity index (χ1n) is 6.54. The van der Waals surface area contributed by atoms with E-state index in [-0.39, 0.29) is 0 Å². The summed E-state index contributed by atoms with van der Waals surface area (Å²) >= 11 is 3.90. The third kappa shape index (κ3) is 3.39. The van der Waals surface area contributed by atoms with Crippen LogP contribution in [0.25, 0.3) is 0 Å². The standard InChI is InChI=1S/C13H23N3S2/c1-10(14-4)11-9-15-12(18-11)16-6-5-13(2,3)17-8-7-16/h9-10,14H,5-8H2,1-4H3. The van der Waals surface area contributed by atoms with Gasteiger partial charge in [-0.05, 0) is 20.4 Å². The van der Waals surface area contributed by atoms with E-state index in [1.54, 1.807) is 0 Å². The third-order valence-electron chi connectivity index (χ3n) is 3.48. The van der Waals surface area contributed by atoms with E-state index in [0.29, 0.717) is 10.8 Å². The smallest absolute Gasteiger partial charge is 0.185 e. The second-order valence-corrected chi connectivity index (χ2v) is 8.24. The first-order valence-corrected chi connectivity index (χ1v) is 8.34. The van der Waals surface area contributed by atoms with E-state index in [1.165, 1.54) is 22.2 Å². The third-order valence-corrected chi connectivity index (χ3v) is 6.09. The molecular formula is C13H23N3S2. The molecule has 1 aromatic heterocycles. The zero-order chi connectivity index (χ0) is 13.2. The van der Waals surface area contributed by atoms with E-state index in [1.807, 2.05) is 24.6 Å². The van der Waals surface area contributed by atoms with Crippen LogP contribution < -0.4 is 10.2 Å². The summed E-state index contributed by atoms with van der Waals surface area (Å²) < 4.78 is 0.410. The fraction of sp³-hybridized carbons (Fsp3) is 0.769. The highest BCUT2D eigenvalue weighted by Crippen LogP contribution is 2.34. The quantitative estimate of drug-likeness (QED) is 0.923. The average Bonchev–Trinajstić information content (AvgIpc) is 2.74. The van der Waals surface area contributed by atoms with Crippen LogP contribution in [0.4, 0.5) is 5.13 Å². The number of hydrogen-bond acceptors (Lipinski definition) is 5. The first kappa shape index (κ1) is 14.2. The maximum Gasteiger partial charge on any atom is 0.185 e. The Morgan fingerprint density at radius 2 is 2.22 bits per heavy atom. The molecule has 0 radical (unpaired) electrons. The molecule has 1 atom stereocenters. The number of hydrogen-bond donors (Lipinski definition) is 1. The molecule has 1 unspecified atom stereocenters. The molecule has 0 aliphatic carbocycles. The molecule has 1 aliphatic heterocycles. The molecule has 18 heavy (non-hydrogen) atoms. The Labute approximate surface area is 118 Å². The van der Waals surface area contributed by atoms with E-state index >= 15 is 0 Å². The highest BCUT2D eigenvalue weighted by atomic mass is 32.2. The summed E-state index contributed by atoms with van der Waals surface area (Å²) in [7, 11) is 2.00. The maximum atomic E-state index is 4.59. The van der Waals surface area contributed by atoms with Crippen molar-refractivity contribution in [3.8, 4) is 0 Å². The van der Waals surface area contributed by atoms with Gasteiger partial charge in [0.2, 0.25) is 0 Å². The largest absolute Gasteiger partial charge is 0.347 e. The van der Waals surface area contributed by atoms with Crippen molar-refractivity contribution >= 4 is 28.2 Å². The van der Waals surface area contributed by atoms with Crippen LogP contribution in [0.15, 0.2) is 6.20 Å². The van der Waals surface area contributed by atoms with Gasteiger partial charge in [0.05, 0.1) is 0 Å². The molecular weight excluding hydrogens is 262 g/mol. The predicted molar refractivity (Wildman–Crippen MR) is 83.0 cm³/mol. The number of nitrogens with one attached hydrogen (secondary N) is 1. The van der Waals surface area contributed by atoms with Crippen molar-refractivity contribution in [1.82, 2.24) is 10.3 Å². The molecule has 1 aromatic rings. The second-order valence-electron chi connectivity index (χ2n) is 5.40. The summed E-state index contributed by atoms with van der Waals surface area (Å²) in [6.07, 6.45) is 3.25. The number of anilines is 1. The van der Waals surface area contributed by atoms with Crippen molar-refractivity contribution in [2.75, 3.05) is 30.8 Å². The number of thiazole rings is 1. The number of nitrogens with zero attached hydrogens (tertiary/aromatic N) is 2. The van der Waals surface area contributed by atoms with Gasteiger partial charge in [0.1, 0.15) is 0 Å². The minimum atomic E-state index is 0.397. The number of thioether (sulfide) groups is 1. The normalized spacial score (nSPS) is 21.7. The minimum absolute atomic E-state index is 0.397. The highest BCUT2D eigenvalue weighted by Gasteiger charge is 2.25. The van der Waals surface area contributed by atoms with Gasteiger partial charge in [-0.15, -0.1) is 11.3 Å². The van der Waals surface area contributed by atoms with Crippen molar-refractivity contribution in [3.63, 3.8) is 0 Å². The van der Waals surface area contributed by atoms with Crippen LogP contribution in [-0.4, -0.2) is 35.6 Å². The Kier molecular flexibility index (Phi) is 4.56. The summed E-state index contributed by atoms with van der Waals surface area (Å²) in [5.41, 5.74) is 0. The zero-order valence-corrected chi connectivity index (χ0v) is 13.3. The SMILES string of the molecule is CNC(C)c1cnc(N2CCSC(C)(C)CC2)s1. The van der Waals surface area contributed by atoms with Gasteiger partial charge < -0.3 is 10.2 Å². The van der Waals surface area contributed by atoms with E-state index in [0.717, 1.165) is 13.1 Å². The summed E-state index contributed by atoms with van der Waals surface area (Å²) in [5.74, 6) is 1.20. The lowest BCUT2D eigenvalue weighted by atomic mass is 10.1. The lowest BCUT2D eigenvalue weighted by Crippen LogP contribution is -2.26. The summed E-state index contributed by atoms with van der Waals surface area (Å²) in [4.78, 5) is 8.36. The van der Waals surface area contributed by atoms with Crippen molar-refractivity contribution in [2.45, 2.75) is 38.0 Å². The molecule has 0 aromatic carbocycles. The molecule has 0 amide bonds. The van der Waals surface area contributed by atoms with Crippen molar-refractivity contribution in [2.24, 2.45) is 0 Å². The molecule has 2 rings (SSSR count). The van der Waals surface area contributed by atoms with Gasteiger partial charge in [-0.2, -0.15) is 11.8 Å². The molecule has 1 fully saturated rings. The number of rotatable bonds is 3. The van der Waals surface area contributed by atoms with Crippen LogP contribution in [-0.2, 0) is 0 Å². The molecule has 1 N–H and O–H groups in total. The monoisotopic (exact) mass is 285 g/mol. The molecule has 0 saturated carbocycles. The van der Waals surface area contributed by atoms with Crippen LogP contribution in [0, 0.1) is 0 Å². The summed E-state index contributed by atoms with van der Waals surface area (Å²) in [6, 6.07) is 0.397. The highest BCUT2D eigenvalue weighted by molar-refractivity contribution is 8.00. The Morgan fingerprint density at radius 3 is 2.94 bits per heavy atom. The van der Waals surface area contributed by atoms with E-state index < -0.39 is 0 Å². The fourth-order valence-electron chi connectivity index (χ4n) is 1.98. The van der Waals surface area contributed by atoms with Gasteiger partial charge in [-0.25, -0.2) is 4.98 Å². The zero-order valence-electron chi connectivity index (χ0n) is 11.7. The van der Waals surface area contributed by atoms with Gasteiger partial charge in [0, 0.05) is 40.7 Å². The van der Waals surface area contributed by atoms with Crippen LogP contribution in [0.2, 0.25) is 0 Å². The number of aromatic nitrogens is 1. The molecule has 0 spiro atoms. The van der Waals surface area contributed by atoms with Gasteiger partial charge in [0.25, 0.3) is 0 Å². The van der Waals surface area contributed by atoms with Gasteiger partial charge in [-0.1, -0.05) is 13.8 Å². The minimum Gasteiger partial charge on any atom is -0.347 e. The van der Waals surface area contributed by atoms with Crippen LogP contribution in [0.3, 0.4) is 0 Å². The average molecular weight is 285 g/mol. The maximum absolute atomic E-state index is 4.59. The first-order chi connectivity index (χ1) is 8.52. The Hall–Kier alpha value is -0.260. The molecule has 2 heterocycles. The van der Waals surface area contributed by atoms with Gasteiger partial charge in [-0.3, -0.25) is 0 Å². The van der Waals surface area contributed by atoms with Crippen molar-refractivity contribution in [1.29, 1.82) is 0 Å². The van der Waals surface area contributed by atoms with Crippen molar-refractivity contribution < 1.29 is 0 Å². The van der Waals surface area contributed by atoms with E-state index in [4.69, 9.17) is 0 Å². The molecule has 0 bridgehead atoms. The Balaban J connectivity index is 2.05. The van der Waals surface area contributed by atoms with E-state index in [2.05, 4.69) is 47.7 Å². The molecule has 102 valence electrons. The summed E-state index contributed by atoms with van der Waals surface area (Å²) in [5, 5.41) is 4.46. The van der Waals surface area contributed by atoms with Crippen LogP contribution >= 0.6 is 23.1 Å². The Morgan fingerprint density at radius 1 is 1.44 bits per heavy atom. The topological polar surface area (TPSA) is 28.2 Å². The molecule has 3 nitrogen and oxygen atoms in total. The Bertz CT molecular complexity index is 389. The molecule has 5 heteroatoms. The van der Waals surface area contributed by atoms with E-state index in [9.17, 15) is 0 Å². The van der Waals surface area contributed by atoms with Crippen LogP contribution in [0.1, 0.15) is 38.1 Å². The molecule has 1 aliphatic rings. The lowest BCUT2D eigenvalue weighted by molar-refractivity contribution is 0.637. The van der Waals surface area contributed by atoms with Crippen LogP contribution in [0.5, 0.6) is 0 Å². The van der Waals surface area contributed by atoms with Gasteiger partial charge >= 0.3 is 0 Å². The predicted octanol–water partition coefficient (Wildman–Crippen LogP) is 3.15. The van der Waals surface area contributed by atoms with Crippen molar-refractivity contribution in [3.05, 3.63) is 11.1 Å². The lowest BCUT2D eigenvalue weighted by Gasteiger charge is -2.22. The summed E-state index contributed by atoms with van der Waals surface area (Å²) in [6.45, 7) is 9.11.